The monoisotopic (exact) mass is 830 g/mol. The predicted octanol–water partition coefficient (Wildman–Crippen LogP) is 8.06. The Balaban J connectivity index is 2.41. The van der Waals surface area contributed by atoms with Crippen LogP contribution in [0.3, 0.4) is 0 Å². The minimum absolute atomic E-state index is 0.261. The molecule has 58 heavy (non-hydrogen) atoms. The van der Waals surface area contributed by atoms with Gasteiger partial charge in [-0.25, -0.2) is 0 Å². The van der Waals surface area contributed by atoms with Crippen molar-refractivity contribution in [1.82, 2.24) is 5.32 Å². The van der Waals surface area contributed by atoms with E-state index in [9.17, 15) is 40.5 Å². The average Bonchev–Trinajstić information content (AvgIpc) is 3.22. The van der Waals surface area contributed by atoms with Crippen LogP contribution >= 0.6 is 0 Å². The lowest BCUT2D eigenvalue weighted by Gasteiger charge is -2.40. The molecule has 0 aliphatic carbocycles. The first kappa shape index (κ1) is 54.9. The molecule has 0 radical (unpaired) electrons. The average molecular weight is 830 g/mol. The number of ether oxygens (including phenoxy) is 2. The lowest BCUT2D eigenvalue weighted by Crippen LogP contribution is -2.60. The number of amides is 1. The molecule has 0 unspecified atom stereocenters. The van der Waals surface area contributed by atoms with Crippen LogP contribution in [0.5, 0.6) is 0 Å². The van der Waals surface area contributed by atoms with E-state index < -0.39 is 74.2 Å². The van der Waals surface area contributed by atoms with E-state index in [1.54, 1.807) is 0 Å². The standard InChI is InChI=1S/C47H91NO10/c1-3-5-7-9-11-13-15-17-18-19-20-21-22-23-25-27-29-31-33-35-40(51)46(56)48-38(37-57-47-45(55)44(54)43(53)41(36-49)58-47)42(52)39(50)34-32-30-28-26-24-16-14-12-10-8-6-4-2/h16,24,38-45,47,49-55H,3-15,17-23,25-37H2,1-2H3,(H,48,56)/b24-16+/t38-,39+,40+,41+,42-,43+,44-,45+,47+/m0/s1. The van der Waals surface area contributed by atoms with Gasteiger partial charge in [-0.3, -0.25) is 4.79 Å². The molecule has 11 heteroatoms. The van der Waals surface area contributed by atoms with Gasteiger partial charge < -0.3 is 50.5 Å². The minimum atomic E-state index is -1.66. The van der Waals surface area contributed by atoms with Gasteiger partial charge in [0, 0.05) is 0 Å². The van der Waals surface area contributed by atoms with Crippen LogP contribution in [0.25, 0.3) is 0 Å². The van der Waals surface area contributed by atoms with Crippen LogP contribution in [-0.2, 0) is 14.3 Å². The second-order valence-corrected chi connectivity index (χ2v) is 17.2. The summed E-state index contributed by atoms with van der Waals surface area (Å²) in [5.74, 6) is -0.701. The Hall–Kier alpha value is -1.15. The van der Waals surface area contributed by atoms with Gasteiger partial charge in [0.25, 0.3) is 0 Å². The maximum Gasteiger partial charge on any atom is 0.249 e. The maximum absolute atomic E-state index is 13.1. The van der Waals surface area contributed by atoms with E-state index in [-0.39, 0.29) is 12.8 Å². The Kier molecular flexibility index (Phi) is 35.6. The maximum atomic E-state index is 13.1. The highest BCUT2D eigenvalue weighted by Gasteiger charge is 2.44. The molecular weight excluding hydrogens is 739 g/mol. The lowest BCUT2D eigenvalue weighted by molar-refractivity contribution is -0.303. The molecule has 1 amide bonds. The van der Waals surface area contributed by atoms with Gasteiger partial charge in [-0.2, -0.15) is 0 Å². The van der Waals surface area contributed by atoms with Crippen molar-refractivity contribution in [2.24, 2.45) is 0 Å². The summed E-state index contributed by atoms with van der Waals surface area (Å²) in [6, 6.07) is -1.17. The van der Waals surface area contributed by atoms with E-state index >= 15 is 0 Å². The molecule has 11 nitrogen and oxygen atoms in total. The van der Waals surface area contributed by atoms with Crippen LogP contribution in [0.1, 0.15) is 213 Å². The Bertz CT molecular complexity index is 954. The number of rotatable bonds is 40. The summed E-state index contributed by atoms with van der Waals surface area (Å²) in [5, 5.41) is 75.6. The van der Waals surface area contributed by atoms with Crippen molar-refractivity contribution in [2.45, 2.75) is 268 Å². The first-order valence-corrected chi connectivity index (χ1v) is 24.1. The van der Waals surface area contributed by atoms with Crippen LogP contribution < -0.4 is 5.32 Å². The zero-order valence-electron chi connectivity index (χ0n) is 37.0. The fraction of sp³-hybridized carbons (Fsp3) is 0.936. The molecule has 344 valence electrons. The van der Waals surface area contributed by atoms with Crippen LogP contribution in [0, 0.1) is 0 Å². The van der Waals surface area contributed by atoms with Gasteiger partial charge in [0.1, 0.15) is 36.6 Å². The third-order valence-electron chi connectivity index (χ3n) is 11.8. The first-order valence-electron chi connectivity index (χ1n) is 24.1. The summed E-state index contributed by atoms with van der Waals surface area (Å²) >= 11 is 0. The van der Waals surface area contributed by atoms with Gasteiger partial charge in [0.05, 0.1) is 25.4 Å². The molecule has 0 spiro atoms. The second kappa shape index (κ2) is 37.6. The Morgan fingerprint density at radius 2 is 1.00 bits per heavy atom. The summed E-state index contributed by atoms with van der Waals surface area (Å²) < 4.78 is 11.1. The molecule has 8 N–H and O–H groups in total. The fourth-order valence-corrected chi connectivity index (χ4v) is 7.79. The smallest absolute Gasteiger partial charge is 0.249 e. The van der Waals surface area contributed by atoms with Crippen LogP contribution in [-0.4, -0.2) is 110 Å². The van der Waals surface area contributed by atoms with Crippen molar-refractivity contribution in [3.05, 3.63) is 12.2 Å². The first-order chi connectivity index (χ1) is 28.2. The number of allylic oxidation sites excluding steroid dienone is 2. The van der Waals surface area contributed by atoms with Crippen LogP contribution in [0.15, 0.2) is 12.2 Å². The second-order valence-electron chi connectivity index (χ2n) is 17.2. The van der Waals surface area contributed by atoms with Crippen molar-refractivity contribution in [3.63, 3.8) is 0 Å². The molecule has 0 saturated carbocycles. The molecule has 0 aromatic carbocycles. The third kappa shape index (κ3) is 26.9. The normalized spacial score (nSPS) is 22.0. The Morgan fingerprint density at radius 3 is 1.47 bits per heavy atom. The molecule has 9 atom stereocenters. The summed E-state index contributed by atoms with van der Waals surface area (Å²) in [4.78, 5) is 13.1. The highest BCUT2D eigenvalue weighted by Crippen LogP contribution is 2.23. The molecule has 0 aromatic rings. The van der Waals surface area contributed by atoms with E-state index in [1.165, 1.54) is 128 Å². The van der Waals surface area contributed by atoms with E-state index in [2.05, 4.69) is 31.3 Å². The molecule has 1 aliphatic rings. The van der Waals surface area contributed by atoms with Gasteiger partial charge in [0.2, 0.25) is 5.91 Å². The molecule has 1 saturated heterocycles. The molecule has 1 heterocycles. The molecular formula is C47H91NO10. The van der Waals surface area contributed by atoms with Crippen molar-refractivity contribution in [1.29, 1.82) is 0 Å². The number of nitrogens with one attached hydrogen (secondary N) is 1. The molecule has 1 aliphatic heterocycles. The highest BCUT2D eigenvalue weighted by atomic mass is 16.7. The summed E-state index contributed by atoms with van der Waals surface area (Å²) in [5.41, 5.74) is 0. The molecule has 1 fully saturated rings. The van der Waals surface area contributed by atoms with Crippen molar-refractivity contribution < 1.29 is 50.0 Å². The van der Waals surface area contributed by atoms with Crippen molar-refractivity contribution in [2.75, 3.05) is 13.2 Å². The van der Waals surface area contributed by atoms with Gasteiger partial charge in [0.15, 0.2) is 6.29 Å². The van der Waals surface area contributed by atoms with Crippen molar-refractivity contribution >= 4 is 5.91 Å². The molecule has 1 rings (SSSR count). The molecule has 0 aromatic heterocycles. The number of unbranched alkanes of at least 4 members (excludes halogenated alkanes) is 26. The number of carbonyl (C=O) groups is 1. The van der Waals surface area contributed by atoms with Gasteiger partial charge >= 0.3 is 0 Å². The van der Waals surface area contributed by atoms with Crippen LogP contribution in [0.4, 0.5) is 0 Å². The van der Waals surface area contributed by atoms with Crippen molar-refractivity contribution in [3.8, 4) is 0 Å². The Labute approximate surface area is 353 Å². The number of hydrogen-bond acceptors (Lipinski definition) is 10. The zero-order chi connectivity index (χ0) is 42.6. The van der Waals surface area contributed by atoms with Crippen LogP contribution in [0.2, 0.25) is 0 Å². The minimum Gasteiger partial charge on any atom is -0.394 e. The third-order valence-corrected chi connectivity index (χ3v) is 11.8. The van der Waals surface area contributed by atoms with E-state index in [4.69, 9.17) is 9.47 Å². The quantitative estimate of drug-likeness (QED) is 0.0222. The fourth-order valence-electron chi connectivity index (χ4n) is 7.79. The predicted molar refractivity (Wildman–Crippen MR) is 233 cm³/mol. The van der Waals surface area contributed by atoms with E-state index in [1.807, 2.05) is 0 Å². The highest BCUT2D eigenvalue weighted by molar-refractivity contribution is 5.80. The van der Waals surface area contributed by atoms with E-state index in [0.717, 1.165) is 44.9 Å². The number of hydrogen-bond donors (Lipinski definition) is 8. The summed E-state index contributed by atoms with van der Waals surface area (Å²) in [7, 11) is 0. The zero-order valence-corrected chi connectivity index (χ0v) is 37.0. The summed E-state index contributed by atoms with van der Waals surface area (Å²) in [6.45, 7) is 3.42. The Morgan fingerprint density at radius 1 is 0.586 bits per heavy atom. The molecule has 0 bridgehead atoms. The number of aliphatic hydroxyl groups excluding tert-OH is 7. The largest absolute Gasteiger partial charge is 0.394 e. The lowest BCUT2D eigenvalue weighted by atomic mass is 9.98. The van der Waals surface area contributed by atoms with E-state index in [0.29, 0.717) is 12.8 Å². The number of carbonyl (C=O) groups excluding carboxylic acids is 1. The van der Waals surface area contributed by atoms with Gasteiger partial charge in [-0.15, -0.1) is 0 Å². The van der Waals surface area contributed by atoms with Gasteiger partial charge in [-0.05, 0) is 38.5 Å². The van der Waals surface area contributed by atoms with Gasteiger partial charge in [-0.1, -0.05) is 187 Å². The summed E-state index contributed by atoms with van der Waals surface area (Å²) in [6.07, 6.45) is 28.3. The number of aliphatic hydroxyl groups is 7. The topological polar surface area (TPSA) is 189 Å². The SMILES string of the molecule is CCCCCCC/C=C/CCCCC[C@@H](O)[C@@H](O)[C@H](CO[C@@H]1O[C@H](CO)[C@@H](O)[C@H](O)[C@H]1O)NC(=O)[C@H](O)CCCCCCCCCCCCCCCCCCCCC.